The molecule has 5 N–H and O–H groups in total. The average Bonchev–Trinajstić information content (AvgIpc) is 2.73. The number of nitrogens with one attached hydrogen (secondary N) is 1. The van der Waals surface area contributed by atoms with E-state index in [2.05, 4.69) is 4.98 Å². The van der Waals surface area contributed by atoms with Gasteiger partial charge in [0.2, 0.25) is 5.91 Å². The fourth-order valence-corrected chi connectivity index (χ4v) is 1.59. The van der Waals surface area contributed by atoms with E-state index >= 15 is 0 Å². The minimum Gasteiger partial charge on any atom is -0.385 e. The van der Waals surface area contributed by atoms with Gasteiger partial charge >= 0.3 is 0 Å². The van der Waals surface area contributed by atoms with Gasteiger partial charge in [-0.15, -0.1) is 0 Å². The van der Waals surface area contributed by atoms with E-state index in [4.69, 9.17) is 5.73 Å². The summed E-state index contributed by atoms with van der Waals surface area (Å²) in [6.45, 7) is 0. The molecular formula is C11H12N2O3. The van der Waals surface area contributed by atoms with Crippen molar-refractivity contribution in [2.24, 2.45) is 5.73 Å². The van der Waals surface area contributed by atoms with Crippen LogP contribution < -0.4 is 5.73 Å². The summed E-state index contributed by atoms with van der Waals surface area (Å²) in [4.78, 5) is 13.7. The Balaban J connectivity index is 2.35. The molecular weight excluding hydrogens is 208 g/mol. The van der Waals surface area contributed by atoms with Crippen LogP contribution in [0.5, 0.6) is 0 Å². The predicted molar refractivity (Wildman–Crippen MR) is 58.5 cm³/mol. The average molecular weight is 220 g/mol. The van der Waals surface area contributed by atoms with Crippen LogP contribution in [0, 0.1) is 0 Å². The van der Waals surface area contributed by atoms with E-state index in [1.54, 1.807) is 24.4 Å². The van der Waals surface area contributed by atoms with E-state index in [0.29, 0.717) is 5.56 Å². The Morgan fingerprint density at radius 1 is 1.31 bits per heavy atom. The van der Waals surface area contributed by atoms with Crippen molar-refractivity contribution in [3.63, 3.8) is 0 Å². The number of primary amides is 1. The SMILES string of the molecule is NC(=O)C(O)C(O)c1ccc2[nH]ccc2c1. The zero-order chi connectivity index (χ0) is 11.7. The number of hydrogen-bond donors (Lipinski definition) is 4. The summed E-state index contributed by atoms with van der Waals surface area (Å²) in [7, 11) is 0. The van der Waals surface area contributed by atoms with Crippen LogP contribution in [0.3, 0.4) is 0 Å². The Hall–Kier alpha value is -1.85. The number of H-pyrrole nitrogens is 1. The van der Waals surface area contributed by atoms with Crippen molar-refractivity contribution in [1.29, 1.82) is 0 Å². The van der Waals surface area contributed by atoms with Gasteiger partial charge in [-0.3, -0.25) is 4.79 Å². The summed E-state index contributed by atoms with van der Waals surface area (Å²) in [6, 6.07) is 6.93. The van der Waals surface area contributed by atoms with Crippen molar-refractivity contribution in [3.05, 3.63) is 36.0 Å². The maximum atomic E-state index is 10.7. The number of aliphatic hydroxyl groups is 2. The zero-order valence-electron chi connectivity index (χ0n) is 8.42. The van der Waals surface area contributed by atoms with Gasteiger partial charge in [-0.05, 0) is 29.1 Å². The molecule has 0 aliphatic carbocycles. The van der Waals surface area contributed by atoms with E-state index in [0.717, 1.165) is 10.9 Å². The Morgan fingerprint density at radius 3 is 2.75 bits per heavy atom. The molecule has 2 aromatic rings. The second kappa shape index (κ2) is 3.96. The highest BCUT2D eigenvalue weighted by Crippen LogP contribution is 2.21. The predicted octanol–water partition coefficient (Wildman–Crippen LogP) is 0.0475. The first kappa shape index (κ1) is 10.7. The fraction of sp³-hybridized carbons (Fsp3) is 0.182. The first-order chi connectivity index (χ1) is 7.59. The number of aliphatic hydroxyl groups excluding tert-OH is 2. The molecule has 2 rings (SSSR count). The molecule has 2 atom stereocenters. The molecule has 16 heavy (non-hydrogen) atoms. The summed E-state index contributed by atoms with van der Waals surface area (Å²) in [5.41, 5.74) is 6.29. The highest BCUT2D eigenvalue weighted by atomic mass is 16.3. The van der Waals surface area contributed by atoms with Gasteiger partial charge in [0.05, 0.1) is 0 Å². The van der Waals surface area contributed by atoms with Gasteiger partial charge in [0.15, 0.2) is 6.10 Å². The molecule has 5 nitrogen and oxygen atoms in total. The monoisotopic (exact) mass is 220 g/mol. The van der Waals surface area contributed by atoms with Gasteiger partial charge in [-0.25, -0.2) is 0 Å². The van der Waals surface area contributed by atoms with Gasteiger partial charge in [0, 0.05) is 11.7 Å². The fourth-order valence-electron chi connectivity index (χ4n) is 1.59. The molecule has 0 aliphatic heterocycles. The standard InChI is InChI=1S/C11H12N2O3/c12-11(16)10(15)9(14)7-1-2-8-6(5-7)3-4-13-8/h1-5,9-10,13-15H,(H2,12,16). The lowest BCUT2D eigenvalue weighted by atomic mass is 10.0. The second-order valence-corrected chi connectivity index (χ2v) is 3.62. The number of carbonyl (C=O) groups is 1. The van der Waals surface area contributed by atoms with Crippen LogP contribution >= 0.6 is 0 Å². The van der Waals surface area contributed by atoms with Crippen LogP contribution in [-0.4, -0.2) is 27.2 Å². The quantitative estimate of drug-likeness (QED) is 0.588. The van der Waals surface area contributed by atoms with Crippen molar-refractivity contribution < 1.29 is 15.0 Å². The van der Waals surface area contributed by atoms with Crippen LogP contribution in [0.15, 0.2) is 30.5 Å². The van der Waals surface area contributed by atoms with Crippen molar-refractivity contribution in [2.75, 3.05) is 0 Å². The largest absolute Gasteiger partial charge is 0.385 e. The van der Waals surface area contributed by atoms with E-state index in [1.807, 2.05) is 6.07 Å². The Labute approximate surface area is 91.5 Å². The van der Waals surface area contributed by atoms with Crippen LogP contribution in [0.1, 0.15) is 11.7 Å². The molecule has 0 spiro atoms. The molecule has 0 saturated carbocycles. The van der Waals surface area contributed by atoms with Gasteiger partial charge in [0.25, 0.3) is 0 Å². The number of amides is 1. The Morgan fingerprint density at radius 2 is 2.06 bits per heavy atom. The van der Waals surface area contributed by atoms with E-state index in [9.17, 15) is 15.0 Å². The van der Waals surface area contributed by atoms with E-state index in [-0.39, 0.29) is 0 Å². The van der Waals surface area contributed by atoms with Gasteiger partial charge in [-0.1, -0.05) is 6.07 Å². The van der Waals surface area contributed by atoms with Crippen LogP contribution in [0.25, 0.3) is 10.9 Å². The number of fused-ring (bicyclic) bond motifs is 1. The maximum absolute atomic E-state index is 10.7. The van der Waals surface area contributed by atoms with Crippen LogP contribution in [0.2, 0.25) is 0 Å². The lowest BCUT2D eigenvalue weighted by Crippen LogP contribution is -2.33. The number of aromatic amines is 1. The first-order valence-corrected chi connectivity index (χ1v) is 4.82. The Bertz CT molecular complexity index is 521. The molecule has 5 heteroatoms. The molecule has 0 fully saturated rings. The Kier molecular flexibility index (Phi) is 2.64. The number of benzene rings is 1. The molecule has 1 aromatic carbocycles. The molecule has 84 valence electrons. The molecule has 0 saturated heterocycles. The van der Waals surface area contributed by atoms with Gasteiger partial charge in [-0.2, -0.15) is 0 Å². The van der Waals surface area contributed by atoms with Crippen LogP contribution in [0.4, 0.5) is 0 Å². The lowest BCUT2D eigenvalue weighted by molar-refractivity contribution is -0.131. The molecule has 2 unspecified atom stereocenters. The summed E-state index contributed by atoms with van der Waals surface area (Å²) in [5.74, 6) is -0.943. The number of carbonyl (C=O) groups excluding carboxylic acids is 1. The molecule has 1 aromatic heterocycles. The summed E-state index contributed by atoms with van der Waals surface area (Å²) in [5, 5.41) is 19.9. The maximum Gasteiger partial charge on any atom is 0.249 e. The zero-order valence-corrected chi connectivity index (χ0v) is 8.42. The third kappa shape index (κ3) is 1.78. The third-order valence-corrected chi connectivity index (χ3v) is 2.51. The highest BCUT2D eigenvalue weighted by Gasteiger charge is 2.23. The van der Waals surface area contributed by atoms with Gasteiger partial charge < -0.3 is 20.9 Å². The van der Waals surface area contributed by atoms with E-state index < -0.39 is 18.1 Å². The van der Waals surface area contributed by atoms with Crippen molar-refractivity contribution in [2.45, 2.75) is 12.2 Å². The lowest BCUT2D eigenvalue weighted by Gasteiger charge is -2.15. The topological polar surface area (TPSA) is 99.3 Å². The van der Waals surface area contributed by atoms with Crippen molar-refractivity contribution in [1.82, 2.24) is 4.98 Å². The second-order valence-electron chi connectivity index (χ2n) is 3.62. The molecule has 0 radical (unpaired) electrons. The number of nitrogens with two attached hydrogens (primary N) is 1. The third-order valence-electron chi connectivity index (χ3n) is 2.51. The molecule has 0 bridgehead atoms. The summed E-state index contributed by atoms with van der Waals surface area (Å²) in [6.07, 6.45) is -1.11. The number of aromatic nitrogens is 1. The number of rotatable bonds is 3. The van der Waals surface area contributed by atoms with Crippen molar-refractivity contribution >= 4 is 16.8 Å². The summed E-state index contributed by atoms with van der Waals surface area (Å²) < 4.78 is 0. The first-order valence-electron chi connectivity index (χ1n) is 4.82. The van der Waals surface area contributed by atoms with E-state index in [1.165, 1.54) is 0 Å². The summed E-state index contributed by atoms with van der Waals surface area (Å²) >= 11 is 0. The number of hydrogen-bond acceptors (Lipinski definition) is 3. The highest BCUT2D eigenvalue weighted by molar-refractivity contribution is 5.82. The van der Waals surface area contributed by atoms with Crippen LogP contribution in [-0.2, 0) is 4.79 Å². The molecule has 0 aliphatic rings. The molecule has 1 amide bonds. The van der Waals surface area contributed by atoms with Crippen molar-refractivity contribution in [3.8, 4) is 0 Å². The van der Waals surface area contributed by atoms with Gasteiger partial charge in [0.1, 0.15) is 6.10 Å². The molecule has 1 heterocycles. The minimum atomic E-state index is -1.59. The smallest absolute Gasteiger partial charge is 0.249 e. The minimum absolute atomic E-state index is 0.457. The normalized spacial score (nSPS) is 14.9.